The normalized spacial score (nSPS) is 18.0. The van der Waals surface area contributed by atoms with Crippen LogP contribution in [0.15, 0.2) is 23.4 Å². The molecule has 0 saturated carbocycles. The molecule has 1 saturated heterocycles. The first-order chi connectivity index (χ1) is 11.5. The predicted molar refractivity (Wildman–Crippen MR) is 89.7 cm³/mol. The molecule has 2 aromatic rings. The third-order valence-corrected chi connectivity index (χ3v) is 4.75. The first kappa shape index (κ1) is 16.4. The lowest BCUT2D eigenvalue weighted by Crippen LogP contribution is -2.42. The largest absolute Gasteiger partial charge is 0.340 e. The van der Waals surface area contributed by atoms with Gasteiger partial charge in [0.05, 0.1) is 12.0 Å². The fourth-order valence-corrected chi connectivity index (χ4v) is 3.13. The highest BCUT2D eigenvalue weighted by Crippen LogP contribution is 2.25. The second-order valence-electron chi connectivity index (χ2n) is 6.48. The maximum atomic E-state index is 12.6. The van der Waals surface area contributed by atoms with Crippen molar-refractivity contribution in [3.8, 4) is 0 Å². The van der Waals surface area contributed by atoms with Crippen LogP contribution in [-0.2, 0) is 18.4 Å². The van der Waals surface area contributed by atoms with E-state index < -0.39 is 0 Å². The van der Waals surface area contributed by atoms with E-state index >= 15 is 0 Å². The number of amides is 1. The predicted octanol–water partition coefficient (Wildman–Crippen LogP) is 1.000. The number of aromatic nitrogens is 4. The van der Waals surface area contributed by atoms with Gasteiger partial charge in [0.15, 0.2) is 0 Å². The zero-order chi connectivity index (χ0) is 17.3. The molecule has 0 unspecified atom stereocenters. The van der Waals surface area contributed by atoms with Gasteiger partial charge in [0.2, 0.25) is 5.91 Å². The van der Waals surface area contributed by atoms with E-state index in [1.807, 2.05) is 24.2 Å². The molecule has 3 rings (SSSR count). The van der Waals surface area contributed by atoms with Crippen molar-refractivity contribution in [2.45, 2.75) is 39.2 Å². The summed E-state index contributed by atoms with van der Waals surface area (Å²) in [4.78, 5) is 30.9. The average molecular weight is 329 g/mol. The number of carbonyl (C=O) groups is 1. The maximum Gasteiger partial charge on any atom is 0.256 e. The summed E-state index contributed by atoms with van der Waals surface area (Å²) in [5, 5.41) is 4.46. The number of hydrogen-bond acceptors (Lipinski definition) is 4. The Morgan fingerprint density at radius 2 is 2.17 bits per heavy atom. The van der Waals surface area contributed by atoms with Gasteiger partial charge in [-0.25, -0.2) is 4.98 Å². The van der Waals surface area contributed by atoms with Gasteiger partial charge in [-0.1, -0.05) is 0 Å². The lowest BCUT2D eigenvalue weighted by Gasteiger charge is -2.32. The van der Waals surface area contributed by atoms with E-state index in [0.29, 0.717) is 17.8 Å². The van der Waals surface area contributed by atoms with Gasteiger partial charge in [-0.15, -0.1) is 0 Å². The van der Waals surface area contributed by atoms with Crippen molar-refractivity contribution in [2.24, 2.45) is 7.05 Å². The molecule has 24 heavy (non-hydrogen) atoms. The standard InChI is InChI=1S/C17H23N5O2/c1-12-13(2)18-11-22(17(12)24)10-16(23)21-7-4-5-14(9-21)15-6-8-20(3)19-15/h6,8,11,14H,4-5,7,9-10H2,1-3H3/t14-/m0/s1. The van der Waals surface area contributed by atoms with E-state index in [2.05, 4.69) is 10.1 Å². The molecule has 3 heterocycles. The molecule has 0 bridgehead atoms. The van der Waals surface area contributed by atoms with Crippen LogP contribution in [0.2, 0.25) is 0 Å². The molecular formula is C17H23N5O2. The Labute approximate surface area is 140 Å². The monoisotopic (exact) mass is 329 g/mol. The summed E-state index contributed by atoms with van der Waals surface area (Å²) in [5.41, 5.74) is 2.18. The van der Waals surface area contributed by atoms with Crippen molar-refractivity contribution in [1.82, 2.24) is 24.2 Å². The van der Waals surface area contributed by atoms with Crippen molar-refractivity contribution < 1.29 is 4.79 Å². The SMILES string of the molecule is Cc1ncn(CC(=O)N2CCC[C@H](c3ccn(C)n3)C2)c(=O)c1C. The van der Waals surface area contributed by atoms with E-state index in [-0.39, 0.29) is 23.9 Å². The van der Waals surface area contributed by atoms with Gasteiger partial charge in [-0.3, -0.25) is 18.8 Å². The van der Waals surface area contributed by atoms with Gasteiger partial charge in [0, 0.05) is 43.5 Å². The summed E-state index contributed by atoms with van der Waals surface area (Å²) in [6.07, 6.45) is 5.37. The van der Waals surface area contributed by atoms with Gasteiger partial charge in [-0.05, 0) is 32.8 Å². The second kappa shape index (κ2) is 6.59. The zero-order valence-electron chi connectivity index (χ0n) is 14.4. The highest BCUT2D eigenvalue weighted by molar-refractivity contribution is 5.76. The van der Waals surface area contributed by atoms with Gasteiger partial charge in [0.25, 0.3) is 5.56 Å². The fourth-order valence-electron chi connectivity index (χ4n) is 3.13. The minimum atomic E-state index is -0.144. The van der Waals surface area contributed by atoms with Crippen molar-refractivity contribution in [3.05, 3.63) is 45.9 Å². The topological polar surface area (TPSA) is 73.0 Å². The van der Waals surface area contributed by atoms with Crippen LogP contribution in [0.25, 0.3) is 0 Å². The minimum absolute atomic E-state index is 0.0391. The van der Waals surface area contributed by atoms with Crippen LogP contribution in [0, 0.1) is 13.8 Å². The summed E-state index contributed by atoms with van der Waals surface area (Å²) in [7, 11) is 1.90. The molecule has 0 radical (unpaired) electrons. The summed E-state index contributed by atoms with van der Waals surface area (Å²) in [5.74, 6) is 0.223. The van der Waals surface area contributed by atoms with Crippen LogP contribution >= 0.6 is 0 Å². The molecule has 1 aliphatic rings. The molecule has 7 nitrogen and oxygen atoms in total. The number of likely N-dealkylation sites (tertiary alicyclic amines) is 1. The van der Waals surface area contributed by atoms with E-state index in [1.54, 1.807) is 18.5 Å². The lowest BCUT2D eigenvalue weighted by atomic mass is 9.95. The molecule has 0 aromatic carbocycles. The number of nitrogens with zero attached hydrogens (tertiary/aromatic N) is 5. The lowest BCUT2D eigenvalue weighted by molar-refractivity contribution is -0.133. The number of piperidine rings is 1. The maximum absolute atomic E-state index is 12.6. The summed E-state index contributed by atoms with van der Waals surface area (Å²) >= 11 is 0. The number of aryl methyl sites for hydroxylation is 2. The van der Waals surface area contributed by atoms with Crippen LogP contribution < -0.4 is 5.56 Å². The first-order valence-corrected chi connectivity index (χ1v) is 8.25. The van der Waals surface area contributed by atoms with Gasteiger partial charge in [-0.2, -0.15) is 5.10 Å². The Balaban J connectivity index is 1.71. The first-order valence-electron chi connectivity index (χ1n) is 8.25. The fraction of sp³-hybridized carbons (Fsp3) is 0.529. The molecule has 1 amide bonds. The van der Waals surface area contributed by atoms with Crippen LogP contribution in [-0.4, -0.2) is 43.2 Å². The Morgan fingerprint density at radius 1 is 1.38 bits per heavy atom. The Bertz CT molecular complexity index is 808. The molecule has 0 aliphatic carbocycles. The highest BCUT2D eigenvalue weighted by atomic mass is 16.2. The smallest absolute Gasteiger partial charge is 0.256 e. The van der Waals surface area contributed by atoms with E-state index in [1.165, 1.54) is 10.9 Å². The molecule has 0 spiro atoms. The molecule has 7 heteroatoms. The van der Waals surface area contributed by atoms with Crippen molar-refractivity contribution in [1.29, 1.82) is 0 Å². The molecule has 1 atom stereocenters. The van der Waals surface area contributed by atoms with Crippen molar-refractivity contribution in [2.75, 3.05) is 13.1 Å². The van der Waals surface area contributed by atoms with E-state index in [4.69, 9.17) is 0 Å². The third kappa shape index (κ3) is 3.25. The minimum Gasteiger partial charge on any atom is -0.340 e. The average Bonchev–Trinajstić information content (AvgIpc) is 3.02. The van der Waals surface area contributed by atoms with E-state index in [0.717, 1.165) is 25.1 Å². The van der Waals surface area contributed by atoms with Crippen LogP contribution in [0.1, 0.15) is 35.7 Å². The zero-order valence-corrected chi connectivity index (χ0v) is 14.4. The van der Waals surface area contributed by atoms with Gasteiger partial charge in [0.1, 0.15) is 6.54 Å². The highest BCUT2D eigenvalue weighted by Gasteiger charge is 2.26. The van der Waals surface area contributed by atoms with Crippen LogP contribution in [0.3, 0.4) is 0 Å². The number of hydrogen-bond donors (Lipinski definition) is 0. The third-order valence-electron chi connectivity index (χ3n) is 4.75. The van der Waals surface area contributed by atoms with Crippen molar-refractivity contribution >= 4 is 5.91 Å². The summed E-state index contributed by atoms with van der Waals surface area (Å²) in [6, 6.07) is 2.01. The van der Waals surface area contributed by atoms with E-state index in [9.17, 15) is 9.59 Å². The quantitative estimate of drug-likeness (QED) is 0.842. The van der Waals surface area contributed by atoms with Gasteiger partial charge >= 0.3 is 0 Å². The second-order valence-corrected chi connectivity index (χ2v) is 6.48. The molecular weight excluding hydrogens is 306 g/mol. The molecule has 1 fully saturated rings. The van der Waals surface area contributed by atoms with Crippen molar-refractivity contribution in [3.63, 3.8) is 0 Å². The van der Waals surface area contributed by atoms with Crippen LogP contribution in [0.5, 0.6) is 0 Å². The Hall–Kier alpha value is -2.44. The number of rotatable bonds is 3. The molecule has 2 aromatic heterocycles. The molecule has 1 aliphatic heterocycles. The van der Waals surface area contributed by atoms with Crippen LogP contribution in [0.4, 0.5) is 0 Å². The Kier molecular flexibility index (Phi) is 4.51. The molecule has 0 N–H and O–H groups in total. The molecule has 128 valence electrons. The van der Waals surface area contributed by atoms with Gasteiger partial charge < -0.3 is 4.90 Å². The number of carbonyl (C=O) groups excluding carboxylic acids is 1. The Morgan fingerprint density at radius 3 is 2.88 bits per heavy atom. The summed E-state index contributed by atoms with van der Waals surface area (Å²) < 4.78 is 3.19. The summed E-state index contributed by atoms with van der Waals surface area (Å²) in [6.45, 7) is 4.97.